The number of alkyl halides is 2. The van der Waals surface area contributed by atoms with E-state index in [2.05, 4.69) is 5.32 Å². The molecule has 7 heteroatoms. The number of piperidine rings is 1. The van der Waals surface area contributed by atoms with Crippen LogP contribution in [-0.4, -0.2) is 73.2 Å². The molecule has 1 rings (SSSR count). The first-order chi connectivity index (χ1) is 8.35. The quantitative estimate of drug-likeness (QED) is 0.771. The number of rotatable bonds is 4. The molecule has 18 heavy (non-hydrogen) atoms. The first-order valence-electron chi connectivity index (χ1n) is 6.04. The standard InChI is InChI=1S/C11H21F2N3O2/c1-15(2)10(18)16-5-3-9(4-6-16)14-7-11(12,13)8-17/h9,14,17H,3-8H2,1-2H3. The molecule has 2 N–H and O–H groups in total. The van der Waals surface area contributed by atoms with Crippen LogP contribution in [0.3, 0.4) is 0 Å². The summed E-state index contributed by atoms with van der Waals surface area (Å²) in [4.78, 5) is 14.9. The zero-order valence-corrected chi connectivity index (χ0v) is 10.8. The van der Waals surface area contributed by atoms with Crippen LogP contribution in [0, 0.1) is 0 Å². The Bertz CT molecular complexity index is 279. The summed E-state index contributed by atoms with van der Waals surface area (Å²) in [7, 11) is 3.38. The number of hydrogen-bond donors (Lipinski definition) is 2. The summed E-state index contributed by atoms with van der Waals surface area (Å²) in [6.07, 6.45) is 1.31. The highest BCUT2D eigenvalue weighted by atomic mass is 19.3. The van der Waals surface area contributed by atoms with Crippen LogP contribution in [0.1, 0.15) is 12.8 Å². The summed E-state index contributed by atoms with van der Waals surface area (Å²) < 4.78 is 25.7. The highest BCUT2D eigenvalue weighted by Gasteiger charge is 2.30. The molecule has 1 aliphatic heterocycles. The Morgan fingerprint density at radius 1 is 1.44 bits per heavy atom. The summed E-state index contributed by atoms with van der Waals surface area (Å²) >= 11 is 0. The molecular weight excluding hydrogens is 244 g/mol. The van der Waals surface area contributed by atoms with Gasteiger partial charge in [-0.15, -0.1) is 0 Å². The Labute approximate surface area is 106 Å². The summed E-state index contributed by atoms with van der Waals surface area (Å²) in [6.45, 7) is -0.521. The lowest BCUT2D eigenvalue weighted by atomic mass is 10.1. The lowest BCUT2D eigenvalue weighted by Crippen LogP contribution is -2.50. The molecule has 1 heterocycles. The van der Waals surface area contributed by atoms with Crippen LogP contribution in [0.15, 0.2) is 0 Å². The van der Waals surface area contributed by atoms with Crippen LogP contribution in [0.4, 0.5) is 13.6 Å². The Morgan fingerprint density at radius 2 is 2.00 bits per heavy atom. The number of likely N-dealkylation sites (tertiary alicyclic amines) is 1. The molecule has 0 spiro atoms. The normalized spacial score (nSPS) is 17.9. The van der Waals surface area contributed by atoms with Gasteiger partial charge in [0.1, 0.15) is 6.61 Å². The van der Waals surface area contributed by atoms with E-state index in [1.165, 1.54) is 4.90 Å². The second kappa shape index (κ2) is 6.29. The summed E-state index contributed by atoms with van der Waals surface area (Å²) in [5.41, 5.74) is 0. The lowest BCUT2D eigenvalue weighted by molar-refractivity contribution is -0.0502. The van der Waals surface area contributed by atoms with Crippen molar-refractivity contribution in [3.63, 3.8) is 0 Å². The van der Waals surface area contributed by atoms with Gasteiger partial charge < -0.3 is 20.2 Å². The number of nitrogens with one attached hydrogen (secondary N) is 1. The molecule has 0 unspecified atom stereocenters. The first-order valence-corrected chi connectivity index (χ1v) is 6.04. The van der Waals surface area contributed by atoms with Crippen molar-refractivity contribution in [3.8, 4) is 0 Å². The zero-order valence-electron chi connectivity index (χ0n) is 10.8. The van der Waals surface area contributed by atoms with Gasteiger partial charge >= 0.3 is 6.03 Å². The average Bonchev–Trinajstić information content (AvgIpc) is 2.36. The Hall–Kier alpha value is -0.950. The molecule has 0 aromatic heterocycles. The number of aliphatic hydroxyl groups is 1. The SMILES string of the molecule is CN(C)C(=O)N1CCC(NCC(F)(F)CO)CC1. The van der Waals surface area contributed by atoms with E-state index in [-0.39, 0.29) is 12.1 Å². The minimum Gasteiger partial charge on any atom is -0.390 e. The molecule has 0 radical (unpaired) electrons. The molecule has 106 valence electrons. The van der Waals surface area contributed by atoms with Crippen molar-refractivity contribution in [1.29, 1.82) is 0 Å². The molecule has 0 aromatic carbocycles. The fourth-order valence-electron chi connectivity index (χ4n) is 1.91. The molecule has 0 atom stereocenters. The molecule has 5 nitrogen and oxygen atoms in total. The number of carbonyl (C=O) groups is 1. The molecule has 0 bridgehead atoms. The Kier molecular flexibility index (Phi) is 5.28. The van der Waals surface area contributed by atoms with E-state index in [0.717, 1.165) is 0 Å². The third-order valence-corrected chi connectivity index (χ3v) is 3.03. The molecule has 1 aliphatic rings. The fourth-order valence-corrected chi connectivity index (χ4v) is 1.91. The van der Waals surface area contributed by atoms with Crippen LogP contribution in [0.2, 0.25) is 0 Å². The minimum atomic E-state index is -3.07. The van der Waals surface area contributed by atoms with Crippen molar-refractivity contribution < 1.29 is 18.7 Å². The van der Waals surface area contributed by atoms with Crippen molar-refractivity contribution in [1.82, 2.24) is 15.1 Å². The maximum absolute atomic E-state index is 12.8. The third-order valence-electron chi connectivity index (χ3n) is 3.03. The number of urea groups is 1. The van der Waals surface area contributed by atoms with E-state index in [1.807, 2.05) is 0 Å². The van der Waals surface area contributed by atoms with Crippen molar-refractivity contribution in [2.45, 2.75) is 24.8 Å². The summed E-state index contributed by atoms with van der Waals surface area (Å²) in [6, 6.07) is -0.0669. The second-order valence-corrected chi connectivity index (χ2v) is 4.83. The molecule has 0 aromatic rings. The third kappa shape index (κ3) is 4.38. The van der Waals surface area contributed by atoms with Gasteiger partial charge in [0.15, 0.2) is 0 Å². The topological polar surface area (TPSA) is 55.8 Å². The van der Waals surface area contributed by atoms with E-state index in [9.17, 15) is 13.6 Å². The Morgan fingerprint density at radius 3 is 2.44 bits per heavy atom. The monoisotopic (exact) mass is 265 g/mol. The molecule has 1 saturated heterocycles. The van der Waals surface area contributed by atoms with Gasteiger partial charge in [0.25, 0.3) is 5.92 Å². The van der Waals surface area contributed by atoms with Gasteiger partial charge in [-0.25, -0.2) is 13.6 Å². The number of amides is 2. The summed E-state index contributed by atoms with van der Waals surface area (Å²) in [5.74, 6) is -3.07. The van der Waals surface area contributed by atoms with Gasteiger partial charge in [-0.2, -0.15) is 0 Å². The van der Waals surface area contributed by atoms with Crippen LogP contribution < -0.4 is 5.32 Å². The summed E-state index contributed by atoms with van der Waals surface area (Å²) in [5, 5.41) is 11.2. The number of aliphatic hydroxyl groups excluding tert-OH is 1. The first kappa shape index (κ1) is 15.1. The van der Waals surface area contributed by atoms with Gasteiger partial charge in [0.2, 0.25) is 0 Å². The van der Waals surface area contributed by atoms with Gasteiger partial charge in [-0.3, -0.25) is 0 Å². The maximum Gasteiger partial charge on any atom is 0.319 e. The largest absolute Gasteiger partial charge is 0.390 e. The van der Waals surface area contributed by atoms with Crippen molar-refractivity contribution in [2.24, 2.45) is 0 Å². The van der Waals surface area contributed by atoms with Crippen LogP contribution >= 0.6 is 0 Å². The minimum absolute atomic E-state index is 0.0198. The van der Waals surface area contributed by atoms with E-state index >= 15 is 0 Å². The van der Waals surface area contributed by atoms with Crippen molar-refractivity contribution in [3.05, 3.63) is 0 Å². The molecule has 0 saturated carbocycles. The highest BCUT2D eigenvalue weighted by Crippen LogP contribution is 2.15. The average molecular weight is 265 g/mol. The van der Waals surface area contributed by atoms with Gasteiger partial charge in [0, 0.05) is 33.2 Å². The lowest BCUT2D eigenvalue weighted by Gasteiger charge is -2.34. The molecule has 0 aliphatic carbocycles. The second-order valence-electron chi connectivity index (χ2n) is 4.83. The van der Waals surface area contributed by atoms with Crippen LogP contribution in [0.25, 0.3) is 0 Å². The van der Waals surface area contributed by atoms with Gasteiger partial charge in [-0.1, -0.05) is 0 Å². The fraction of sp³-hybridized carbons (Fsp3) is 0.909. The Balaban J connectivity index is 2.30. The zero-order chi connectivity index (χ0) is 13.8. The van der Waals surface area contributed by atoms with Gasteiger partial charge in [-0.05, 0) is 12.8 Å². The van der Waals surface area contributed by atoms with E-state index < -0.39 is 19.1 Å². The van der Waals surface area contributed by atoms with Crippen molar-refractivity contribution >= 4 is 6.03 Å². The molecule has 2 amide bonds. The predicted molar refractivity (Wildman–Crippen MR) is 63.7 cm³/mol. The molecule has 1 fully saturated rings. The smallest absolute Gasteiger partial charge is 0.319 e. The van der Waals surface area contributed by atoms with Gasteiger partial charge in [0.05, 0.1) is 6.54 Å². The molecular formula is C11H21F2N3O2. The highest BCUT2D eigenvalue weighted by molar-refractivity contribution is 5.73. The number of carbonyl (C=O) groups excluding carboxylic acids is 1. The predicted octanol–water partition coefficient (Wildman–Crippen LogP) is 0.350. The number of halogens is 2. The number of nitrogens with zero attached hydrogens (tertiary/aromatic N) is 2. The maximum atomic E-state index is 12.8. The van der Waals surface area contributed by atoms with Crippen molar-refractivity contribution in [2.75, 3.05) is 40.3 Å². The number of hydrogen-bond acceptors (Lipinski definition) is 3. The van der Waals surface area contributed by atoms with E-state index in [4.69, 9.17) is 5.11 Å². The van der Waals surface area contributed by atoms with Crippen LogP contribution in [-0.2, 0) is 0 Å². The van der Waals surface area contributed by atoms with E-state index in [1.54, 1.807) is 19.0 Å². The van der Waals surface area contributed by atoms with E-state index in [0.29, 0.717) is 25.9 Å². The van der Waals surface area contributed by atoms with Crippen LogP contribution in [0.5, 0.6) is 0 Å².